The van der Waals surface area contributed by atoms with E-state index in [-0.39, 0.29) is 24.3 Å². The molecule has 24 heavy (non-hydrogen) atoms. The van der Waals surface area contributed by atoms with Crippen molar-refractivity contribution in [1.29, 1.82) is 0 Å². The molecule has 0 bridgehead atoms. The Kier molecular flexibility index (Phi) is 4.24. The molecular weight excluding hydrogens is 308 g/mol. The highest BCUT2D eigenvalue weighted by Gasteiger charge is 2.32. The fourth-order valence-corrected chi connectivity index (χ4v) is 2.96. The number of nitrogens with zero attached hydrogens (tertiary/aromatic N) is 3. The maximum absolute atomic E-state index is 12.4. The number of carbonyl (C=O) groups excluding carboxylic acids is 2. The molecule has 2 amide bonds. The van der Waals surface area contributed by atoms with E-state index in [9.17, 15) is 9.59 Å². The summed E-state index contributed by atoms with van der Waals surface area (Å²) in [4.78, 5) is 30.5. The van der Waals surface area contributed by atoms with Crippen LogP contribution in [0.5, 0.6) is 5.75 Å². The van der Waals surface area contributed by atoms with Crippen molar-refractivity contribution in [3.63, 3.8) is 0 Å². The number of methoxy groups -OCH3 is 1. The van der Waals surface area contributed by atoms with Crippen LogP contribution >= 0.6 is 0 Å². The van der Waals surface area contributed by atoms with E-state index in [1.807, 2.05) is 24.3 Å². The summed E-state index contributed by atoms with van der Waals surface area (Å²) >= 11 is 0. The first-order chi connectivity index (χ1) is 11.5. The number of imidazole rings is 1. The topological polar surface area (TPSA) is 76.5 Å². The lowest BCUT2D eigenvalue weighted by atomic mass is 10.2. The second-order valence-corrected chi connectivity index (χ2v) is 5.87. The number of rotatable bonds is 4. The molecule has 0 aliphatic carbocycles. The standard InChI is InChI=1S/C17H20N4O3/c1-11-16(20(2)10-18-11)17(23)19-12-7-15(22)21(9-12)13-5-4-6-14(8-13)24-3/h4-6,8,10,12H,7,9H2,1-3H3,(H,19,23)/t12-/m1/s1. The number of benzene rings is 1. The molecule has 126 valence electrons. The Balaban J connectivity index is 1.72. The Morgan fingerprint density at radius 2 is 2.21 bits per heavy atom. The van der Waals surface area contributed by atoms with Crippen LogP contribution in [0.2, 0.25) is 0 Å². The SMILES string of the molecule is COc1cccc(N2C[C@H](NC(=O)c3c(C)ncn3C)CC2=O)c1. The molecule has 0 unspecified atom stereocenters. The Morgan fingerprint density at radius 3 is 2.88 bits per heavy atom. The summed E-state index contributed by atoms with van der Waals surface area (Å²) < 4.78 is 6.88. The van der Waals surface area contributed by atoms with Gasteiger partial charge in [0.05, 0.1) is 25.2 Å². The Hall–Kier alpha value is -2.83. The molecule has 7 nitrogen and oxygen atoms in total. The van der Waals surface area contributed by atoms with Gasteiger partial charge in [0.2, 0.25) is 5.91 Å². The fourth-order valence-electron chi connectivity index (χ4n) is 2.96. The summed E-state index contributed by atoms with van der Waals surface area (Å²) in [5, 5.41) is 2.93. The third kappa shape index (κ3) is 2.97. The van der Waals surface area contributed by atoms with E-state index in [1.54, 1.807) is 36.9 Å². The van der Waals surface area contributed by atoms with Crippen molar-refractivity contribution in [2.45, 2.75) is 19.4 Å². The fraction of sp³-hybridized carbons (Fsp3) is 0.353. The Labute approximate surface area is 140 Å². The van der Waals surface area contributed by atoms with Crippen LogP contribution in [0.4, 0.5) is 5.69 Å². The third-order valence-corrected chi connectivity index (χ3v) is 4.16. The van der Waals surface area contributed by atoms with Crippen molar-refractivity contribution in [2.24, 2.45) is 7.05 Å². The minimum absolute atomic E-state index is 0.0183. The average molecular weight is 328 g/mol. The van der Waals surface area contributed by atoms with E-state index in [0.29, 0.717) is 23.7 Å². The van der Waals surface area contributed by atoms with Gasteiger partial charge in [-0.2, -0.15) is 0 Å². The molecule has 3 rings (SSSR count). The van der Waals surface area contributed by atoms with Gasteiger partial charge in [0.1, 0.15) is 11.4 Å². The largest absolute Gasteiger partial charge is 0.497 e. The van der Waals surface area contributed by atoms with Crippen LogP contribution in [0.3, 0.4) is 0 Å². The zero-order valence-electron chi connectivity index (χ0n) is 13.9. The number of amides is 2. The van der Waals surface area contributed by atoms with Crippen molar-refractivity contribution in [3.05, 3.63) is 42.0 Å². The molecule has 2 aromatic rings. The third-order valence-electron chi connectivity index (χ3n) is 4.16. The predicted octanol–water partition coefficient (Wildman–Crippen LogP) is 1.27. The van der Waals surface area contributed by atoms with E-state index in [1.165, 1.54) is 0 Å². The number of anilines is 1. The predicted molar refractivity (Wildman–Crippen MR) is 89.2 cm³/mol. The summed E-state index contributed by atoms with van der Waals surface area (Å²) in [6, 6.07) is 7.11. The van der Waals surface area contributed by atoms with E-state index >= 15 is 0 Å². The van der Waals surface area contributed by atoms with Gasteiger partial charge in [-0.3, -0.25) is 9.59 Å². The van der Waals surface area contributed by atoms with Gasteiger partial charge >= 0.3 is 0 Å². The van der Waals surface area contributed by atoms with Crippen LogP contribution in [0.15, 0.2) is 30.6 Å². The quantitative estimate of drug-likeness (QED) is 0.917. The van der Waals surface area contributed by atoms with Gasteiger partial charge in [-0.15, -0.1) is 0 Å². The zero-order chi connectivity index (χ0) is 17.3. The van der Waals surface area contributed by atoms with Crippen LogP contribution in [0.1, 0.15) is 22.6 Å². The highest BCUT2D eigenvalue weighted by atomic mass is 16.5. The number of carbonyl (C=O) groups is 2. The zero-order valence-corrected chi connectivity index (χ0v) is 13.9. The van der Waals surface area contributed by atoms with Crippen molar-refractivity contribution < 1.29 is 14.3 Å². The maximum Gasteiger partial charge on any atom is 0.270 e. The molecule has 1 aliphatic heterocycles. The minimum atomic E-state index is -0.231. The van der Waals surface area contributed by atoms with Crippen molar-refractivity contribution in [2.75, 3.05) is 18.6 Å². The first-order valence-electron chi connectivity index (χ1n) is 7.72. The molecule has 0 saturated carbocycles. The molecule has 1 N–H and O–H groups in total. The molecule has 0 spiro atoms. The molecule has 1 fully saturated rings. The molecule has 2 heterocycles. The smallest absolute Gasteiger partial charge is 0.270 e. The number of hydrogen-bond donors (Lipinski definition) is 1. The average Bonchev–Trinajstić information content (AvgIpc) is 3.09. The summed E-state index contributed by atoms with van der Waals surface area (Å²) in [7, 11) is 3.36. The lowest BCUT2D eigenvalue weighted by Crippen LogP contribution is -2.38. The van der Waals surface area contributed by atoms with Crippen LogP contribution < -0.4 is 15.0 Å². The van der Waals surface area contributed by atoms with Crippen LogP contribution in [0.25, 0.3) is 0 Å². The number of aryl methyl sites for hydroxylation is 2. The highest BCUT2D eigenvalue weighted by Crippen LogP contribution is 2.25. The molecule has 7 heteroatoms. The Morgan fingerprint density at radius 1 is 1.42 bits per heavy atom. The summed E-state index contributed by atoms with van der Waals surface area (Å²) in [5.74, 6) is 0.464. The monoisotopic (exact) mass is 328 g/mol. The maximum atomic E-state index is 12.4. The van der Waals surface area contributed by atoms with E-state index in [0.717, 1.165) is 5.69 Å². The summed E-state index contributed by atoms with van der Waals surface area (Å²) in [6.45, 7) is 2.23. The first-order valence-corrected chi connectivity index (χ1v) is 7.72. The normalized spacial score (nSPS) is 17.2. The lowest BCUT2D eigenvalue weighted by Gasteiger charge is -2.18. The van der Waals surface area contributed by atoms with Gasteiger partial charge in [0.15, 0.2) is 0 Å². The van der Waals surface area contributed by atoms with Crippen LogP contribution in [-0.4, -0.2) is 41.1 Å². The molecular formula is C17H20N4O3. The first kappa shape index (κ1) is 16.0. The molecule has 1 aromatic carbocycles. The van der Waals surface area contributed by atoms with Crippen LogP contribution in [-0.2, 0) is 11.8 Å². The Bertz CT molecular complexity index is 764. The second kappa shape index (κ2) is 6.35. The molecule has 1 atom stereocenters. The second-order valence-electron chi connectivity index (χ2n) is 5.87. The lowest BCUT2D eigenvalue weighted by molar-refractivity contribution is -0.117. The minimum Gasteiger partial charge on any atom is -0.497 e. The van der Waals surface area contributed by atoms with Crippen LogP contribution in [0, 0.1) is 6.92 Å². The van der Waals surface area contributed by atoms with E-state index in [2.05, 4.69) is 10.3 Å². The van der Waals surface area contributed by atoms with E-state index < -0.39 is 0 Å². The summed E-state index contributed by atoms with van der Waals surface area (Å²) in [5.41, 5.74) is 1.96. The molecule has 1 aliphatic rings. The van der Waals surface area contributed by atoms with Gasteiger partial charge < -0.3 is 19.5 Å². The molecule has 1 aromatic heterocycles. The summed E-state index contributed by atoms with van der Waals surface area (Å²) in [6.07, 6.45) is 1.88. The van der Waals surface area contributed by atoms with Gasteiger partial charge in [-0.1, -0.05) is 6.07 Å². The number of nitrogens with one attached hydrogen (secondary N) is 1. The number of aromatic nitrogens is 2. The highest BCUT2D eigenvalue weighted by molar-refractivity contribution is 5.98. The van der Waals surface area contributed by atoms with Gasteiger partial charge in [0, 0.05) is 31.8 Å². The van der Waals surface area contributed by atoms with E-state index in [4.69, 9.17) is 4.74 Å². The van der Waals surface area contributed by atoms with Crippen molar-refractivity contribution in [3.8, 4) is 5.75 Å². The van der Waals surface area contributed by atoms with Crippen molar-refractivity contribution in [1.82, 2.24) is 14.9 Å². The number of hydrogen-bond acceptors (Lipinski definition) is 4. The van der Waals surface area contributed by atoms with Gasteiger partial charge in [0.25, 0.3) is 5.91 Å². The van der Waals surface area contributed by atoms with Crippen molar-refractivity contribution >= 4 is 17.5 Å². The van der Waals surface area contributed by atoms with Gasteiger partial charge in [-0.05, 0) is 19.1 Å². The number of ether oxygens (including phenoxy) is 1. The molecule has 1 saturated heterocycles. The molecule has 0 radical (unpaired) electrons. The van der Waals surface area contributed by atoms with Gasteiger partial charge in [-0.25, -0.2) is 4.98 Å².